The maximum atomic E-state index is 13.0. The lowest BCUT2D eigenvalue weighted by Gasteiger charge is -2.10. The molecular weight excluding hydrogens is 331 g/mol. The Bertz CT molecular complexity index is 640. The molecule has 0 aliphatic heterocycles. The Hall–Kier alpha value is -1.66. The lowest BCUT2D eigenvalue weighted by molar-refractivity contribution is 0.292. The normalized spacial score (nSPS) is 10.8. The first kappa shape index (κ1) is 18.7. The number of ether oxygens (including phenoxy) is 1. The smallest absolute Gasteiger partial charge is 0.124 e. The molecule has 2 rings (SSSR count). The van der Waals surface area contributed by atoms with Gasteiger partial charge in [-0.25, -0.2) is 4.39 Å². The zero-order valence-electron chi connectivity index (χ0n) is 13.4. The Morgan fingerprint density at radius 2 is 1.88 bits per heavy atom. The van der Waals surface area contributed by atoms with Crippen molar-refractivity contribution in [2.75, 3.05) is 26.2 Å². The molecule has 4 nitrogen and oxygen atoms in total. The molecule has 24 heavy (non-hydrogen) atoms. The second-order valence-corrected chi connectivity index (χ2v) is 5.73. The highest BCUT2D eigenvalue weighted by atomic mass is 35.5. The van der Waals surface area contributed by atoms with Gasteiger partial charge in [0.05, 0.1) is 11.6 Å². The lowest BCUT2D eigenvalue weighted by Crippen LogP contribution is -2.28. The van der Waals surface area contributed by atoms with Crippen molar-refractivity contribution >= 4 is 11.6 Å². The van der Waals surface area contributed by atoms with Gasteiger partial charge in [-0.15, -0.1) is 0 Å². The fourth-order valence-corrected chi connectivity index (χ4v) is 2.38. The number of aliphatic hydroxyl groups is 1. The summed E-state index contributed by atoms with van der Waals surface area (Å²) in [6.45, 7) is 3.40. The summed E-state index contributed by atoms with van der Waals surface area (Å²) in [7, 11) is 0. The zero-order valence-corrected chi connectivity index (χ0v) is 14.2. The van der Waals surface area contributed by atoms with Crippen molar-refractivity contribution in [1.29, 1.82) is 0 Å². The summed E-state index contributed by atoms with van der Waals surface area (Å²) < 4.78 is 18.8. The van der Waals surface area contributed by atoms with E-state index in [4.69, 9.17) is 21.4 Å². The average Bonchev–Trinajstić information content (AvgIpc) is 2.58. The highest BCUT2D eigenvalue weighted by molar-refractivity contribution is 6.31. The first-order valence-electron chi connectivity index (χ1n) is 7.87. The molecule has 6 heteroatoms. The number of halogens is 2. The van der Waals surface area contributed by atoms with Crippen LogP contribution in [0.2, 0.25) is 5.02 Å². The summed E-state index contributed by atoms with van der Waals surface area (Å²) in [4.78, 5) is 0. The predicted molar refractivity (Wildman–Crippen MR) is 93.8 cm³/mol. The molecule has 0 aliphatic rings. The molecule has 0 saturated heterocycles. The van der Waals surface area contributed by atoms with Gasteiger partial charge in [-0.2, -0.15) is 0 Å². The molecule has 130 valence electrons. The van der Waals surface area contributed by atoms with Gasteiger partial charge in [0.15, 0.2) is 0 Å². The maximum Gasteiger partial charge on any atom is 0.124 e. The Kier molecular flexibility index (Phi) is 7.98. The van der Waals surface area contributed by atoms with Crippen LogP contribution < -0.4 is 15.4 Å². The van der Waals surface area contributed by atoms with Crippen molar-refractivity contribution in [2.24, 2.45) is 0 Å². The summed E-state index contributed by atoms with van der Waals surface area (Å²) in [6, 6.07) is 12.1. The van der Waals surface area contributed by atoms with E-state index in [2.05, 4.69) is 10.6 Å². The summed E-state index contributed by atoms with van der Waals surface area (Å²) >= 11 is 6.00. The van der Waals surface area contributed by atoms with Gasteiger partial charge in [0.25, 0.3) is 0 Å². The Morgan fingerprint density at radius 3 is 2.67 bits per heavy atom. The monoisotopic (exact) mass is 352 g/mol. The van der Waals surface area contributed by atoms with E-state index in [0.717, 1.165) is 36.5 Å². The molecule has 0 bridgehead atoms. The van der Waals surface area contributed by atoms with Crippen LogP contribution in [0.3, 0.4) is 0 Å². The molecular formula is C18H22ClFN2O2. The summed E-state index contributed by atoms with van der Waals surface area (Å²) in [5.74, 6) is 0.387. The first-order chi connectivity index (χ1) is 11.7. The molecule has 0 radical (unpaired) electrons. The quantitative estimate of drug-likeness (QED) is 0.575. The molecule has 0 saturated carbocycles. The van der Waals surface area contributed by atoms with E-state index in [1.807, 2.05) is 24.3 Å². The highest BCUT2D eigenvalue weighted by Gasteiger charge is 2.04. The van der Waals surface area contributed by atoms with Crippen molar-refractivity contribution in [3.05, 3.63) is 64.4 Å². The number of benzene rings is 2. The molecule has 3 N–H and O–H groups in total. The van der Waals surface area contributed by atoms with Gasteiger partial charge in [0.1, 0.15) is 18.2 Å². The van der Waals surface area contributed by atoms with Crippen LogP contribution in [0.1, 0.15) is 11.1 Å². The predicted octanol–water partition coefficient (Wildman–Crippen LogP) is 2.73. The van der Waals surface area contributed by atoms with E-state index >= 15 is 0 Å². The van der Waals surface area contributed by atoms with Crippen LogP contribution in [0.5, 0.6) is 5.75 Å². The fraction of sp³-hybridized carbons (Fsp3) is 0.333. The van der Waals surface area contributed by atoms with E-state index in [1.165, 1.54) is 12.1 Å². The molecule has 2 aromatic rings. The third-order valence-electron chi connectivity index (χ3n) is 3.40. The maximum absolute atomic E-state index is 13.0. The van der Waals surface area contributed by atoms with E-state index in [1.54, 1.807) is 6.07 Å². The van der Waals surface area contributed by atoms with Crippen LogP contribution in [-0.2, 0) is 13.2 Å². The summed E-state index contributed by atoms with van der Waals surface area (Å²) in [6.07, 6.45) is 0. The van der Waals surface area contributed by atoms with Crippen molar-refractivity contribution in [2.45, 2.75) is 13.2 Å². The van der Waals surface area contributed by atoms with Crippen LogP contribution >= 0.6 is 11.6 Å². The van der Waals surface area contributed by atoms with Gasteiger partial charge in [0, 0.05) is 31.7 Å². The van der Waals surface area contributed by atoms with Crippen molar-refractivity contribution < 1.29 is 14.2 Å². The lowest BCUT2D eigenvalue weighted by atomic mass is 10.2. The Morgan fingerprint density at radius 1 is 1.04 bits per heavy atom. The number of nitrogens with one attached hydrogen (secondary N) is 2. The highest BCUT2D eigenvalue weighted by Crippen LogP contribution is 2.20. The van der Waals surface area contributed by atoms with E-state index < -0.39 is 0 Å². The fourth-order valence-electron chi connectivity index (χ4n) is 2.16. The van der Waals surface area contributed by atoms with Crippen molar-refractivity contribution in [3.8, 4) is 5.75 Å². The minimum absolute atomic E-state index is 0.150. The molecule has 0 atom stereocenters. The minimum atomic E-state index is -0.356. The largest absolute Gasteiger partial charge is 0.489 e. The van der Waals surface area contributed by atoms with Crippen LogP contribution in [0.15, 0.2) is 42.5 Å². The second kappa shape index (κ2) is 10.3. The third-order valence-corrected chi connectivity index (χ3v) is 3.76. The molecule has 0 aliphatic carbocycles. The topological polar surface area (TPSA) is 53.5 Å². The average molecular weight is 353 g/mol. The van der Waals surface area contributed by atoms with E-state index in [-0.39, 0.29) is 12.4 Å². The van der Waals surface area contributed by atoms with Crippen molar-refractivity contribution in [3.63, 3.8) is 0 Å². The van der Waals surface area contributed by atoms with Crippen LogP contribution in [-0.4, -0.2) is 31.3 Å². The van der Waals surface area contributed by atoms with Crippen LogP contribution in [0.4, 0.5) is 4.39 Å². The number of rotatable bonds is 10. The van der Waals surface area contributed by atoms with Gasteiger partial charge in [-0.1, -0.05) is 29.8 Å². The molecule has 0 aromatic heterocycles. The second-order valence-electron chi connectivity index (χ2n) is 5.32. The summed E-state index contributed by atoms with van der Waals surface area (Å²) in [5, 5.41) is 15.5. The van der Waals surface area contributed by atoms with Crippen LogP contribution in [0.25, 0.3) is 0 Å². The SMILES string of the molecule is OCCNCCNCc1cccc(OCc2ccc(F)cc2Cl)c1. The van der Waals surface area contributed by atoms with Crippen molar-refractivity contribution in [1.82, 2.24) is 10.6 Å². The standard InChI is InChI=1S/C18H22ClFN2O2/c19-18-11-16(20)5-4-15(18)13-24-17-3-1-2-14(10-17)12-22-7-6-21-8-9-23/h1-5,10-11,21-23H,6-9,12-13H2. The number of hydrogen-bond donors (Lipinski definition) is 3. The molecule has 0 unspecified atom stereocenters. The Labute approximate surface area is 146 Å². The van der Waals surface area contributed by atoms with Gasteiger partial charge < -0.3 is 20.5 Å². The third kappa shape index (κ3) is 6.45. The molecule has 0 heterocycles. The number of hydrogen-bond acceptors (Lipinski definition) is 4. The molecule has 0 fully saturated rings. The minimum Gasteiger partial charge on any atom is -0.489 e. The van der Waals surface area contributed by atoms with E-state index in [9.17, 15) is 4.39 Å². The molecule has 0 amide bonds. The van der Waals surface area contributed by atoms with E-state index in [0.29, 0.717) is 18.2 Å². The summed E-state index contributed by atoms with van der Waals surface area (Å²) in [5.41, 5.74) is 1.86. The first-order valence-corrected chi connectivity index (χ1v) is 8.25. The molecule has 2 aromatic carbocycles. The Balaban J connectivity index is 1.79. The van der Waals surface area contributed by atoms with Gasteiger partial charge >= 0.3 is 0 Å². The van der Waals surface area contributed by atoms with Gasteiger partial charge in [-0.3, -0.25) is 0 Å². The van der Waals surface area contributed by atoms with Gasteiger partial charge in [-0.05, 0) is 29.8 Å². The number of aliphatic hydroxyl groups excluding tert-OH is 1. The zero-order chi connectivity index (χ0) is 17.2. The van der Waals surface area contributed by atoms with Crippen LogP contribution in [0, 0.1) is 5.82 Å². The van der Waals surface area contributed by atoms with Gasteiger partial charge in [0.2, 0.25) is 0 Å². The molecule has 0 spiro atoms.